The Bertz CT molecular complexity index is 614. The van der Waals surface area contributed by atoms with Crippen molar-refractivity contribution < 1.29 is 18.7 Å². The van der Waals surface area contributed by atoms with Crippen LogP contribution in [0.3, 0.4) is 0 Å². The third-order valence-electron chi connectivity index (χ3n) is 2.32. The molecule has 0 aliphatic carbocycles. The maximum absolute atomic E-state index is 13.1. The fraction of sp³-hybridized carbons (Fsp3) is 0.333. The normalized spacial score (nSPS) is 10.3. The Morgan fingerprint density at radius 1 is 1.50 bits per heavy atom. The summed E-state index contributed by atoms with van der Waals surface area (Å²) >= 11 is 0. The second-order valence-electron chi connectivity index (χ2n) is 3.79. The Labute approximate surface area is 114 Å². The third kappa shape index (κ3) is 3.28. The molecule has 0 amide bonds. The molecule has 2 heterocycles. The number of pyridine rings is 1. The number of hydrogen-bond donors (Lipinski definition) is 0. The van der Waals surface area contributed by atoms with Crippen molar-refractivity contribution in [2.75, 3.05) is 13.2 Å². The molecule has 2 aromatic rings. The summed E-state index contributed by atoms with van der Waals surface area (Å²) < 4.78 is 24.3. The maximum atomic E-state index is 13.1. The smallest absolute Gasteiger partial charge is 0.344 e. The molecule has 2 aromatic heterocycles. The van der Waals surface area contributed by atoms with E-state index >= 15 is 0 Å². The molecule has 0 fully saturated rings. The number of aromatic nitrogens is 4. The van der Waals surface area contributed by atoms with Crippen LogP contribution in [0.1, 0.15) is 6.92 Å². The van der Waals surface area contributed by atoms with Gasteiger partial charge >= 0.3 is 12.0 Å². The highest BCUT2D eigenvalue weighted by Gasteiger charge is 2.13. The molecule has 0 aliphatic rings. The van der Waals surface area contributed by atoms with Gasteiger partial charge in [0.1, 0.15) is 11.5 Å². The summed E-state index contributed by atoms with van der Waals surface area (Å²) in [5.74, 6) is -0.597. The first-order chi connectivity index (χ1) is 9.60. The van der Waals surface area contributed by atoms with Gasteiger partial charge in [0.05, 0.1) is 6.61 Å². The molecule has 0 saturated carbocycles. The van der Waals surface area contributed by atoms with Crippen molar-refractivity contribution in [2.45, 2.75) is 6.92 Å². The summed E-state index contributed by atoms with van der Waals surface area (Å²) in [4.78, 5) is 19.2. The first kappa shape index (κ1) is 13.9. The van der Waals surface area contributed by atoms with Gasteiger partial charge in [-0.3, -0.25) is 4.98 Å². The summed E-state index contributed by atoms with van der Waals surface area (Å²) in [6, 6.07) is 2.47. The van der Waals surface area contributed by atoms with Crippen LogP contribution in [0.25, 0.3) is 11.5 Å². The van der Waals surface area contributed by atoms with Crippen LogP contribution in [0, 0.1) is 5.82 Å². The van der Waals surface area contributed by atoms with E-state index in [1.54, 1.807) is 14.0 Å². The number of carbonyl (C=O) groups is 1. The highest BCUT2D eigenvalue weighted by molar-refractivity contribution is 5.70. The van der Waals surface area contributed by atoms with E-state index < -0.39 is 11.8 Å². The van der Waals surface area contributed by atoms with Gasteiger partial charge in [-0.15, -0.1) is 5.10 Å². The predicted molar refractivity (Wildman–Crippen MR) is 66.3 cm³/mol. The monoisotopic (exact) mass is 280 g/mol. The molecule has 8 heteroatoms. The van der Waals surface area contributed by atoms with Crippen LogP contribution >= 0.6 is 0 Å². The summed E-state index contributed by atoms with van der Waals surface area (Å²) in [6.07, 6.45) is 1.33. The van der Waals surface area contributed by atoms with E-state index in [4.69, 9.17) is 9.47 Å². The molecule has 0 radical (unpaired) electrons. The molecule has 0 aliphatic heterocycles. The molecule has 106 valence electrons. The molecule has 0 N–H and O–H groups in total. The van der Waals surface area contributed by atoms with Gasteiger partial charge in [-0.05, 0) is 13.0 Å². The number of rotatable bonds is 5. The van der Waals surface area contributed by atoms with E-state index in [9.17, 15) is 9.18 Å². The van der Waals surface area contributed by atoms with Crippen LogP contribution < -0.4 is 4.74 Å². The minimum atomic E-state index is -0.509. The van der Waals surface area contributed by atoms with E-state index in [-0.39, 0.29) is 19.2 Å². The van der Waals surface area contributed by atoms with Crippen LogP contribution in [0.15, 0.2) is 18.3 Å². The largest absolute Gasteiger partial charge is 0.463 e. The quantitative estimate of drug-likeness (QED) is 0.759. The lowest BCUT2D eigenvalue weighted by molar-refractivity contribution is -0.145. The van der Waals surface area contributed by atoms with Gasteiger partial charge in [0, 0.05) is 19.3 Å². The predicted octanol–water partition coefficient (Wildman–Crippen LogP) is 0.958. The summed E-state index contributed by atoms with van der Waals surface area (Å²) in [5.41, 5.74) is 0.325. The van der Waals surface area contributed by atoms with E-state index in [2.05, 4.69) is 15.1 Å². The van der Waals surface area contributed by atoms with Crippen molar-refractivity contribution in [3.05, 3.63) is 24.1 Å². The van der Waals surface area contributed by atoms with Gasteiger partial charge in [-0.25, -0.2) is 13.9 Å². The van der Waals surface area contributed by atoms with Crippen molar-refractivity contribution >= 4 is 5.97 Å². The molecule has 0 spiro atoms. The van der Waals surface area contributed by atoms with Crippen LogP contribution in [-0.2, 0) is 16.6 Å². The number of carbonyl (C=O) groups excluding carboxylic acids is 1. The molecule has 0 atom stereocenters. The van der Waals surface area contributed by atoms with Crippen molar-refractivity contribution in [3.63, 3.8) is 0 Å². The van der Waals surface area contributed by atoms with E-state index in [1.165, 1.54) is 23.0 Å². The van der Waals surface area contributed by atoms with Gasteiger partial charge in [0.25, 0.3) is 0 Å². The highest BCUT2D eigenvalue weighted by atomic mass is 19.1. The van der Waals surface area contributed by atoms with Crippen LogP contribution in [0.2, 0.25) is 0 Å². The second-order valence-corrected chi connectivity index (χ2v) is 3.79. The first-order valence-corrected chi connectivity index (χ1v) is 5.91. The number of ether oxygens (including phenoxy) is 2. The lowest BCUT2D eigenvalue weighted by Crippen LogP contribution is -2.15. The highest BCUT2D eigenvalue weighted by Crippen LogP contribution is 2.17. The van der Waals surface area contributed by atoms with Crippen molar-refractivity contribution in [2.24, 2.45) is 7.05 Å². The Kier molecular flexibility index (Phi) is 4.24. The SMILES string of the molecule is CCOC(=O)COc1nc(-c2cc(F)ccn2)n(C)n1. The number of halogens is 1. The van der Waals surface area contributed by atoms with Gasteiger partial charge < -0.3 is 9.47 Å². The lowest BCUT2D eigenvalue weighted by atomic mass is 10.3. The zero-order valence-corrected chi connectivity index (χ0v) is 11.0. The summed E-state index contributed by atoms with van der Waals surface area (Å²) in [7, 11) is 1.62. The van der Waals surface area contributed by atoms with E-state index in [1.807, 2.05) is 0 Å². The molecule has 0 unspecified atom stereocenters. The minimum absolute atomic E-state index is 0.00149. The van der Waals surface area contributed by atoms with Crippen LogP contribution in [-0.4, -0.2) is 38.9 Å². The molecule has 0 saturated heterocycles. The molecular weight excluding hydrogens is 267 g/mol. The summed E-state index contributed by atoms with van der Waals surface area (Å²) in [5, 5.41) is 3.96. The molecule has 7 nitrogen and oxygen atoms in total. The topological polar surface area (TPSA) is 79.1 Å². The molecule has 2 rings (SSSR count). The summed E-state index contributed by atoms with van der Waals surface area (Å²) in [6.45, 7) is 1.69. The zero-order chi connectivity index (χ0) is 14.5. The Hall–Kier alpha value is -2.51. The fourth-order valence-corrected chi connectivity index (χ4v) is 1.50. The van der Waals surface area contributed by atoms with Crippen LogP contribution in [0.5, 0.6) is 6.01 Å². The Morgan fingerprint density at radius 3 is 3.00 bits per heavy atom. The van der Waals surface area contributed by atoms with Gasteiger partial charge in [-0.1, -0.05) is 0 Å². The van der Waals surface area contributed by atoms with E-state index in [0.29, 0.717) is 11.5 Å². The van der Waals surface area contributed by atoms with Gasteiger partial charge in [0.15, 0.2) is 12.4 Å². The van der Waals surface area contributed by atoms with Gasteiger partial charge in [-0.2, -0.15) is 4.98 Å². The average molecular weight is 280 g/mol. The molecule has 0 aromatic carbocycles. The molecule has 0 bridgehead atoms. The number of nitrogens with zero attached hydrogens (tertiary/aromatic N) is 4. The number of hydrogen-bond acceptors (Lipinski definition) is 6. The van der Waals surface area contributed by atoms with Crippen LogP contribution in [0.4, 0.5) is 4.39 Å². The van der Waals surface area contributed by atoms with Crippen molar-refractivity contribution in [3.8, 4) is 17.5 Å². The fourth-order valence-electron chi connectivity index (χ4n) is 1.50. The van der Waals surface area contributed by atoms with Crippen molar-refractivity contribution in [1.82, 2.24) is 19.7 Å². The van der Waals surface area contributed by atoms with Gasteiger partial charge in [0.2, 0.25) is 0 Å². The minimum Gasteiger partial charge on any atom is -0.463 e. The van der Waals surface area contributed by atoms with E-state index in [0.717, 1.165) is 0 Å². The lowest BCUT2D eigenvalue weighted by Gasteiger charge is -2.00. The first-order valence-electron chi connectivity index (χ1n) is 5.91. The average Bonchev–Trinajstić information content (AvgIpc) is 2.78. The van der Waals surface area contributed by atoms with Crippen molar-refractivity contribution in [1.29, 1.82) is 0 Å². The number of esters is 1. The second kappa shape index (κ2) is 6.09. The molecule has 20 heavy (non-hydrogen) atoms. The Balaban J connectivity index is 2.12. The Morgan fingerprint density at radius 2 is 2.30 bits per heavy atom. The third-order valence-corrected chi connectivity index (χ3v) is 2.32. The maximum Gasteiger partial charge on any atom is 0.344 e. The standard InChI is InChI=1S/C12H13FN4O3/c1-3-19-10(18)7-20-12-15-11(17(2)16-12)9-6-8(13)4-5-14-9/h4-6H,3,7H2,1-2H3. The zero-order valence-electron chi connectivity index (χ0n) is 11.0. The number of aryl methyl sites for hydroxylation is 1. The molecular formula is C12H13FN4O3.